The van der Waals surface area contributed by atoms with E-state index in [1.807, 2.05) is 63.5 Å². The Morgan fingerprint density at radius 1 is 1.20 bits per heavy atom. The topological polar surface area (TPSA) is 66.5 Å². The van der Waals surface area contributed by atoms with Crippen molar-refractivity contribution in [2.45, 2.75) is 19.5 Å². The Bertz CT molecular complexity index is 703. The van der Waals surface area contributed by atoms with Gasteiger partial charge in [-0.15, -0.1) is 0 Å². The van der Waals surface area contributed by atoms with Crippen molar-refractivity contribution in [3.8, 4) is 5.75 Å². The average Bonchev–Trinajstić information content (AvgIpc) is 2.60. The van der Waals surface area contributed by atoms with E-state index in [4.69, 9.17) is 4.74 Å². The van der Waals surface area contributed by atoms with E-state index in [1.165, 1.54) is 0 Å². The van der Waals surface area contributed by atoms with Crippen LogP contribution >= 0.6 is 0 Å². The SMILES string of the molecule is COc1cccc(C(CNC(=O)NCc2cccc(C)n2)N(C)C)c1. The Morgan fingerprint density at radius 3 is 2.64 bits per heavy atom. The molecule has 1 aromatic carbocycles. The molecule has 25 heavy (non-hydrogen) atoms. The zero-order valence-corrected chi connectivity index (χ0v) is 15.2. The van der Waals surface area contributed by atoms with E-state index in [9.17, 15) is 4.79 Å². The Labute approximate surface area is 149 Å². The second-order valence-electron chi connectivity index (χ2n) is 6.09. The first-order valence-corrected chi connectivity index (χ1v) is 8.24. The molecule has 1 heterocycles. The number of aryl methyl sites for hydroxylation is 1. The van der Waals surface area contributed by atoms with Crippen LogP contribution < -0.4 is 15.4 Å². The molecule has 0 saturated heterocycles. The standard InChI is InChI=1S/C19H26N4O2/c1-14-7-5-9-16(22-14)12-20-19(24)21-13-18(23(2)3)15-8-6-10-17(11-15)25-4/h5-11,18H,12-13H2,1-4H3,(H2,20,21,24). The fraction of sp³-hybridized carbons (Fsp3) is 0.368. The van der Waals surface area contributed by atoms with E-state index >= 15 is 0 Å². The number of nitrogens with zero attached hydrogens (tertiary/aromatic N) is 2. The van der Waals surface area contributed by atoms with Gasteiger partial charge in [0.1, 0.15) is 5.75 Å². The molecular formula is C19H26N4O2. The Balaban J connectivity index is 1.90. The summed E-state index contributed by atoms with van der Waals surface area (Å²) in [4.78, 5) is 18.5. The van der Waals surface area contributed by atoms with Crippen LogP contribution in [0.5, 0.6) is 5.75 Å². The van der Waals surface area contributed by atoms with Gasteiger partial charge >= 0.3 is 6.03 Å². The maximum Gasteiger partial charge on any atom is 0.315 e. The summed E-state index contributed by atoms with van der Waals surface area (Å²) in [6, 6.07) is 13.5. The number of carbonyl (C=O) groups is 1. The van der Waals surface area contributed by atoms with E-state index in [0.717, 1.165) is 22.7 Å². The molecule has 6 heteroatoms. The van der Waals surface area contributed by atoms with E-state index in [2.05, 4.69) is 20.5 Å². The average molecular weight is 342 g/mol. The highest BCUT2D eigenvalue weighted by Gasteiger charge is 2.16. The molecule has 1 unspecified atom stereocenters. The van der Waals surface area contributed by atoms with Crippen LogP contribution in [0.2, 0.25) is 0 Å². The molecular weight excluding hydrogens is 316 g/mol. The number of likely N-dealkylation sites (N-methyl/N-ethyl adjacent to an activating group) is 1. The summed E-state index contributed by atoms with van der Waals surface area (Å²) in [5.74, 6) is 0.805. The number of nitrogens with one attached hydrogen (secondary N) is 2. The van der Waals surface area contributed by atoms with Crippen molar-refractivity contribution in [3.63, 3.8) is 0 Å². The molecule has 0 saturated carbocycles. The van der Waals surface area contributed by atoms with Gasteiger partial charge in [-0.3, -0.25) is 4.98 Å². The fourth-order valence-corrected chi connectivity index (χ4v) is 2.57. The van der Waals surface area contributed by atoms with Crippen LogP contribution in [0.4, 0.5) is 4.79 Å². The predicted octanol–water partition coefficient (Wildman–Crippen LogP) is 2.50. The smallest absolute Gasteiger partial charge is 0.315 e. The first-order chi connectivity index (χ1) is 12.0. The van der Waals surface area contributed by atoms with Crippen molar-refractivity contribution in [1.29, 1.82) is 0 Å². The molecule has 1 atom stereocenters. The summed E-state index contributed by atoms with van der Waals surface area (Å²) in [7, 11) is 5.62. The van der Waals surface area contributed by atoms with E-state index in [-0.39, 0.29) is 12.1 Å². The van der Waals surface area contributed by atoms with Crippen LogP contribution in [0, 0.1) is 6.92 Å². The third kappa shape index (κ3) is 5.76. The lowest BCUT2D eigenvalue weighted by Gasteiger charge is -2.25. The number of rotatable bonds is 7. The molecule has 0 aliphatic heterocycles. The molecule has 0 radical (unpaired) electrons. The first kappa shape index (κ1) is 18.7. The van der Waals surface area contributed by atoms with Crippen LogP contribution in [-0.4, -0.2) is 43.7 Å². The van der Waals surface area contributed by atoms with Gasteiger partial charge in [0.05, 0.1) is 25.4 Å². The molecule has 0 fully saturated rings. The minimum atomic E-state index is -0.210. The number of amides is 2. The highest BCUT2D eigenvalue weighted by atomic mass is 16.5. The van der Waals surface area contributed by atoms with Gasteiger partial charge < -0.3 is 20.3 Å². The lowest BCUT2D eigenvalue weighted by molar-refractivity contribution is 0.232. The van der Waals surface area contributed by atoms with E-state index in [1.54, 1.807) is 7.11 Å². The normalized spacial score (nSPS) is 11.9. The number of pyridine rings is 1. The Morgan fingerprint density at radius 2 is 1.96 bits per heavy atom. The molecule has 2 amide bonds. The number of urea groups is 1. The maximum atomic E-state index is 12.1. The number of hydrogen-bond acceptors (Lipinski definition) is 4. The molecule has 0 bridgehead atoms. The summed E-state index contributed by atoms with van der Waals surface area (Å²) in [6.45, 7) is 2.83. The van der Waals surface area contributed by atoms with Gasteiger partial charge in [0.15, 0.2) is 0 Å². The zero-order chi connectivity index (χ0) is 18.2. The minimum absolute atomic E-state index is 0.0537. The third-order valence-corrected chi connectivity index (χ3v) is 3.93. The molecule has 1 aromatic heterocycles. The largest absolute Gasteiger partial charge is 0.497 e. The quantitative estimate of drug-likeness (QED) is 0.811. The van der Waals surface area contributed by atoms with Gasteiger partial charge in [-0.25, -0.2) is 4.79 Å². The van der Waals surface area contributed by atoms with Gasteiger partial charge in [0, 0.05) is 12.2 Å². The molecule has 0 aliphatic rings. The highest BCUT2D eigenvalue weighted by Crippen LogP contribution is 2.21. The molecule has 2 aromatic rings. The van der Waals surface area contributed by atoms with Gasteiger partial charge in [0.2, 0.25) is 0 Å². The summed E-state index contributed by atoms with van der Waals surface area (Å²) in [6.07, 6.45) is 0. The fourth-order valence-electron chi connectivity index (χ4n) is 2.57. The second kappa shape index (κ2) is 9.03. The second-order valence-corrected chi connectivity index (χ2v) is 6.09. The van der Waals surface area contributed by atoms with Crippen molar-refractivity contribution in [1.82, 2.24) is 20.5 Å². The summed E-state index contributed by atoms with van der Waals surface area (Å²) >= 11 is 0. The Kier molecular flexibility index (Phi) is 6.77. The van der Waals surface area contributed by atoms with Gasteiger partial charge in [-0.05, 0) is 50.8 Å². The number of benzene rings is 1. The summed E-state index contributed by atoms with van der Waals surface area (Å²) in [5.41, 5.74) is 2.86. The molecule has 134 valence electrons. The lowest BCUT2D eigenvalue weighted by atomic mass is 10.1. The van der Waals surface area contributed by atoms with Crippen LogP contribution in [0.15, 0.2) is 42.5 Å². The number of methoxy groups -OCH3 is 1. The van der Waals surface area contributed by atoms with E-state index < -0.39 is 0 Å². The first-order valence-electron chi connectivity index (χ1n) is 8.24. The zero-order valence-electron chi connectivity index (χ0n) is 15.2. The van der Waals surface area contributed by atoms with Crippen LogP contribution in [-0.2, 0) is 6.54 Å². The summed E-state index contributed by atoms with van der Waals surface area (Å²) in [5, 5.41) is 5.76. The monoisotopic (exact) mass is 342 g/mol. The number of ether oxygens (including phenoxy) is 1. The van der Waals surface area contributed by atoms with Crippen molar-refractivity contribution >= 4 is 6.03 Å². The van der Waals surface area contributed by atoms with Crippen LogP contribution in [0.3, 0.4) is 0 Å². The van der Waals surface area contributed by atoms with Crippen LogP contribution in [0.1, 0.15) is 23.0 Å². The number of hydrogen-bond donors (Lipinski definition) is 2. The van der Waals surface area contributed by atoms with Gasteiger partial charge in [0.25, 0.3) is 0 Å². The maximum absolute atomic E-state index is 12.1. The van der Waals surface area contributed by atoms with Crippen molar-refractivity contribution in [3.05, 3.63) is 59.4 Å². The Hall–Kier alpha value is -2.60. The van der Waals surface area contributed by atoms with Crippen molar-refractivity contribution in [2.75, 3.05) is 27.7 Å². The molecule has 2 N–H and O–H groups in total. The van der Waals surface area contributed by atoms with Gasteiger partial charge in [-0.2, -0.15) is 0 Å². The molecule has 0 spiro atoms. The number of aromatic nitrogens is 1. The van der Waals surface area contributed by atoms with Crippen LogP contribution in [0.25, 0.3) is 0 Å². The van der Waals surface area contributed by atoms with E-state index in [0.29, 0.717) is 13.1 Å². The lowest BCUT2D eigenvalue weighted by Crippen LogP contribution is -2.40. The molecule has 0 aliphatic carbocycles. The van der Waals surface area contributed by atoms with Crippen molar-refractivity contribution in [2.24, 2.45) is 0 Å². The van der Waals surface area contributed by atoms with Crippen molar-refractivity contribution < 1.29 is 9.53 Å². The summed E-state index contributed by atoms with van der Waals surface area (Å²) < 4.78 is 5.28. The van der Waals surface area contributed by atoms with Gasteiger partial charge in [-0.1, -0.05) is 18.2 Å². The predicted molar refractivity (Wildman–Crippen MR) is 98.6 cm³/mol. The number of carbonyl (C=O) groups excluding carboxylic acids is 1. The highest BCUT2D eigenvalue weighted by molar-refractivity contribution is 5.73. The minimum Gasteiger partial charge on any atom is -0.497 e. The molecule has 6 nitrogen and oxygen atoms in total. The molecule has 2 rings (SSSR count). The third-order valence-electron chi connectivity index (χ3n) is 3.93.